The molecule has 1 aromatic heterocycles. The number of aromatic nitrogens is 1. The van der Waals surface area contributed by atoms with E-state index in [1.54, 1.807) is 48.8 Å². The van der Waals surface area contributed by atoms with Crippen molar-refractivity contribution in [2.75, 3.05) is 10.6 Å². The van der Waals surface area contributed by atoms with Crippen LogP contribution in [0.2, 0.25) is 0 Å². The zero-order valence-corrected chi connectivity index (χ0v) is 18.6. The van der Waals surface area contributed by atoms with E-state index in [9.17, 15) is 14.4 Å². The number of anilines is 2. The molecule has 1 heterocycles. The Morgan fingerprint density at radius 2 is 1.50 bits per heavy atom. The second-order valence-electron chi connectivity index (χ2n) is 8.59. The number of Topliss-reactive ketones (excluding diaryl/α,β-unsaturated/α-hetero) is 1. The van der Waals surface area contributed by atoms with Gasteiger partial charge in [0.15, 0.2) is 5.78 Å². The molecule has 2 amide bonds. The third kappa shape index (κ3) is 4.57. The van der Waals surface area contributed by atoms with E-state index in [1.807, 2.05) is 36.4 Å². The van der Waals surface area contributed by atoms with Gasteiger partial charge in [0.05, 0.1) is 0 Å². The van der Waals surface area contributed by atoms with E-state index in [1.165, 1.54) is 6.92 Å². The first-order valence-electron chi connectivity index (χ1n) is 11.1. The van der Waals surface area contributed by atoms with E-state index < -0.39 is 0 Å². The number of amides is 2. The summed E-state index contributed by atoms with van der Waals surface area (Å²) < 4.78 is 0. The number of fused-ring (bicyclic) bond motifs is 1. The number of carbonyl (C=O) groups excluding carboxylic acids is 3. The van der Waals surface area contributed by atoms with Gasteiger partial charge >= 0.3 is 0 Å². The molecule has 1 aliphatic rings. The van der Waals surface area contributed by atoms with Crippen LogP contribution in [0.4, 0.5) is 11.4 Å². The Balaban J connectivity index is 1.19. The topological polar surface area (TPSA) is 88.2 Å². The molecule has 0 spiro atoms. The van der Waals surface area contributed by atoms with Crippen molar-refractivity contribution < 1.29 is 14.4 Å². The maximum atomic E-state index is 12.7. The zero-order valence-electron chi connectivity index (χ0n) is 18.6. The van der Waals surface area contributed by atoms with Crippen LogP contribution >= 0.6 is 0 Å². The summed E-state index contributed by atoms with van der Waals surface area (Å²) in [4.78, 5) is 40.8. The van der Waals surface area contributed by atoms with Gasteiger partial charge in [-0.15, -0.1) is 0 Å². The fourth-order valence-electron chi connectivity index (χ4n) is 4.12. The van der Waals surface area contributed by atoms with Crippen molar-refractivity contribution in [1.29, 1.82) is 0 Å². The minimum atomic E-state index is -0.223. The van der Waals surface area contributed by atoms with Gasteiger partial charge in [0, 0.05) is 46.2 Å². The minimum Gasteiger partial charge on any atom is -0.326 e. The Kier molecular flexibility index (Phi) is 5.64. The lowest BCUT2D eigenvalue weighted by atomic mass is 10.1. The Hall–Kier alpha value is -4.32. The Bertz CT molecular complexity index is 1390. The van der Waals surface area contributed by atoms with E-state index in [4.69, 9.17) is 0 Å². The highest BCUT2D eigenvalue weighted by Gasteiger charge is 2.43. The van der Waals surface area contributed by atoms with Gasteiger partial charge in [0.1, 0.15) is 0 Å². The molecule has 4 aromatic rings. The van der Waals surface area contributed by atoms with Crippen LogP contribution in [0.25, 0.3) is 10.8 Å². The number of hydrogen-bond donors (Lipinski definition) is 2. The summed E-state index contributed by atoms with van der Waals surface area (Å²) in [6.07, 6.45) is 4.32. The molecule has 1 aliphatic carbocycles. The highest BCUT2D eigenvalue weighted by Crippen LogP contribution is 2.48. The van der Waals surface area contributed by atoms with Gasteiger partial charge in [0.25, 0.3) is 5.91 Å². The molecule has 1 fully saturated rings. The van der Waals surface area contributed by atoms with Gasteiger partial charge < -0.3 is 10.6 Å². The van der Waals surface area contributed by atoms with Crippen molar-refractivity contribution in [3.05, 3.63) is 102 Å². The third-order valence-electron chi connectivity index (χ3n) is 6.19. The van der Waals surface area contributed by atoms with Crippen molar-refractivity contribution in [3.63, 3.8) is 0 Å². The number of nitrogens with one attached hydrogen (secondary N) is 2. The van der Waals surface area contributed by atoms with Crippen molar-refractivity contribution in [2.24, 2.45) is 5.92 Å². The first-order valence-corrected chi connectivity index (χ1v) is 11.1. The lowest BCUT2D eigenvalue weighted by molar-refractivity contribution is -0.117. The van der Waals surface area contributed by atoms with E-state index in [-0.39, 0.29) is 29.4 Å². The molecule has 0 radical (unpaired) electrons. The van der Waals surface area contributed by atoms with Crippen LogP contribution in [-0.4, -0.2) is 22.6 Å². The Morgan fingerprint density at radius 3 is 2.24 bits per heavy atom. The number of ketones is 1. The maximum Gasteiger partial charge on any atom is 0.255 e. The SMILES string of the molecule is CC(=O)c1ccc(NC(=O)c2ccc([C@@H]3C[C@H]3C(=O)Nc3ccc4cnccc4c3)cc2)cc1. The molecule has 34 heavy (non-hydrogen) atoms. The predicted octanol–water partition coefficient (Wildman–Crippen LogP) is 5.43. The quantitative estimate of drug-likeness (QED) is 0.384. The average molecular weight is 450 g/mol. The van der Waals surface area contributed by atoms with E-state index in [0.717, 1.165) is 28.4 Å². The lowest BCUT2D eigenvalue weighted by Gasteiger charge is -2.08. The number of benzene rings is 3. The van der Waals surface area contributed by atoms with Crippen LogP contribution < -0.4 is 10.6 Å². The van der Waals surface area contributed by atoms with Gasteiger partial charge in [-0.25, -0.2) is 0 Å². The highest BCUT2D eigenvalue weighted by molar-refractivity contribution is 6.04. The largest absolute Gasteiger partial charge is 0.326 e. The van der Waals surface area contributed by atoms with Crippen LogP contribution in [0.3, 0.4) is 0 Å². The summed E-state index contributed by atoms with van der Waals surface area (Å²) in [5.74, 6) is -0.156. The normalized spacial score (nSPS) is 16.6. The van der Waals surface area contributed by atoms with Crippen molar-refractivity contribution >= 4 is 39.7 Å². The summed E-state index contributed by atoms with van der Waals surface area (Å²) in [6, 6.07) is 21.9. The fourth-order valence-corrected chi connectivity index (χ4v) is 4.12. The van der Waals surface area contributed by atoms with Crippen LogP contribution in [0, 0.1) is 5.92 Å². The molecule has 0 saturated heterocycles. The monoisotopic (exact) mass is 449 g/mol. The standard InChI is InChI=1S/C28H23N3O3/c1-17(32)18-6-9-23(10-7-18)30-27(33)20-4-2-19(3-5-20)25-15-26(25)28(34)31-24-11-8-22-16-29-13-12-21(22)14-24/h2-14,16,25-26H,15H2,1H3,(H,30,33)(H,31,34)/t25-,26+/m0/s1. The van der Waals surface area contributed by atoms with Gasteiger partial charge in [-0.1, -0.05) is 18.2 Å². The fraction of sp³-hybridized carbons (Fsp3) is 0.143. The molecule has 6 heteroatoms. The van der Waals surface area contributed by atoms with E-state index in [2.05, 4.69) is 15.6 Å². The number of nitrogens with zero attached hydrogens (tertiary/aromatic N) is 1. The van der Waals surface area contributed by atoms with Crippen LogP contribution in [-0.2, 0) is 4.79 Å². The first kappa shape index (κ1) is 21.5. The van der Waals surface area contributed by atoms with Gasteiger partial charge in [0.2, 0.25) is 5.91 Å². The van der Waals surface area contributed by atoms with Crippen molar-refractivity contribution in [1.82, 2.24) is 4.98 Å². The van der Waals surface area contributed by atoms with Gasteiger partial charge in [-0.3, -0.25) is 19.4 Å². The minimum absolute atomic E-state index is 0.00855. The number of hydrogen-bond acceptors (Lipinski definition) is 4. The molecule has 0 unspecified atom stereocenters. The molecule has 6 nitrogen and oxygen atoms in total. The molecule has 5 rings (SSSR count). The number of pyridine rings is 1. The summed E-state index contributed by atoms with van der Waals surface area (Å²) >= 11 is 0. The van der Waals surface area contributed by atoms with Crippen molar-refractivity contribution in [2.45, 2.75) is 19.3 Å². The summed E-state index contributed by atoms with van der Waals surface area (Å²) in [6.45, 7) is 1.50. The van der Waals surface area contributed by atoms with Crippen LogP contribution in [0.5, 0.6) is 0 Å². The summed E-state index contributed by atoms with van der Waals surface area (Å²) in [5, 5.41) is 7.92. The van der Waals surface area contributed by atoms with E-state index >= 15 is 0 Å². The first-order chi connectivity index (χ1) is 16.5. The summed E-state index contributed by atoms with van der Waals surface area (Å²) in [5.41, 5.74) is 3.59. The molecule has 0 bridgehead atoms. The van der Waals surface area contributed by atoms with Crippen LogP contribution in [0.1, 0.15) is 45.5 Å². The maximum absolute atomic E-state index is 12.7. The Morgan fingerprint density at radius 1 is 0.794 bits per heavy atom. The van der Waals surface area contributed by atoms with Crippen LogP contribution in [0.15, 0.2) is 85.2 Å². The molecule has 2 atom stereocenters. The average Bonchev–Trinajstić information content (AvgIpc) is 3.66. The molecule has 0 aliphatic heterocycles. The van der Waals surface area contributed by atoms with E-state index in [0.29, 0.717) is 16.8 Å². The Labute approximate surface area is 197 Å². The second-order valence-corrected chi connectivity index (χ2v) is 8.59. The van der Waals surface area contributed by atoms with Crippen molar-refractivity contribution in [3.8, 4) is 0 Å². The van der Waals surface area contributed by atoms with Gasteiger partial charge in [-0.2, -0.15) is 0 Å². The molecular formula is C28H23N3O3. The molecule has 3 aromatic carbocycles. The second kappa shape index (κ2) is 8.90. The smallest absolute Gasteiger partial charge is 0.255 e. The lowest BCUT2D eigenvalue weighted by Crippen LogP contribution is -2.14. The highest BCUT2D eigenvalue weighted by atomic mass is 16.2. The molecule has 1 saturated carbocycles. The van der Waals surface area contributed by atoms with Gasteiger partial charge in [-0.05, 0) is 84.8 Å². The summed E-state index contributed by atoms with van der Waals surface area (Å²) in [7, 11) is 0. The zero-order chi connectivity index (χ0) is 23.7. The number of carbonyl (C=O) groups is 3. The molecular weight excluding hydrogens is 426 g/mol. The predicted molar refractivity (Wildman–Crippen MR) is 132 cm³/mol. The third-order valence-corrected chi connectivity index (χ3v) is 6.19. The number of rotatable bonds is 6. The molecule has 168 valence electrons. The molecule has 2 N–H and O–H groups in total.